The third-order valence-electron chi connectivity index (χ3n) is 3.12. The van der Waals surface area contributed by atoms with Crippen molar-refractivity contribution >= 4 is 16.8 Å². The second-order valence-corrected chi connectivity index (χ2v) is 4.70. The Kier molecular flexibility index (Phi) is 4.90. The van der Waals surface area contributed by atoms with Crippen molar-refractivity contribution in [1.29, 1.82) is 0 Å². The van der Waals surface area contributed by atoms with Crippen LogP contribution in [0.5, 0.6) is 0 Å². The van der Waals surface area contributed by atoms with Crippen LogP contribution in [0.3, 0.4) is 0 Å². The Labute approximate surface area is 114 Å². The van der Waals surface area contributed by atoms with Crippen LogP contribution in [-0.4, -0.2) is 17.4 Å². The lowest BCUT2D eigenvalue weighted by Gasteiger charge is -2.05. The lowest BCUT2D eigenvalue weighted by Crippen LogP contribution is -2.24. The van der Waals surface area contributed by atoms with Crippen molar-refractivity contribution < 1.29 is 4.79 Å². The molecule has 19 heavy (non-hydrogen) atoms. The van der Waals surface area contributed by atoms with Crippen LogP contribution in [0, 0.1) is 0 Å². The maximum absolute atomic E-state index is 11.6. The molecular formula is C16H20N2O. The summed E-state index contributed by atoms with van der Waals surface area (Å²) in [6.07, 6.45) is 3.35. The summed E-state index contributed by atoms with van der Waals surface area (Å²) in [5, 5.41) is 4.06. The first-order chi connectivity index (χ1) is 9.29. The standard InChI is InChI=1S/C16H20N2O/c1-2-3-12-17-16(19)11-10-14-9-8-13-6-4-5-7-15(13)18-14/h4-9H,2-3,10-12H2,1H3,(H,17,19). The van der Waals surface area contributed by atoms with Gasteiger partial charge < -0.3 is 5.32 Å². The minimum absolute atomic E-state index is 0.114. The smallest absolute Gasteiger partial charge is 0.220 e. The fourth-order valence-corrected chi connectivity index (χ4v) is 1.98. The molecule has 0 bridgehead atoms. The van der Waals surface area contributed by atoms with Crippen LogP contribution < -0.4 is 5.32 Å². The summed E-state index contributed by atoms with van der Waals surface area (Å²) in [6.45, 7) is 2.89. The predicted octanol–water partition coefficient (Wildman–Crippen LogP) is 3.08. The number of carbonyl (C=O) groups excluding carboxylic acids is 1. The van der Waals surface area contributed by atoms with E-state index in [1.807, 2.05) is 30.3 Å². The Morgan fingerprint density at radius 3 is 2.89 bits per heavy atom. The minimum Gasteiger partial charge on any atom is -0.356 e. The molecule has 0 spiro atoms. The summed E-state index contributed by atoms with van der Waals surface area (Å²) in [6, 6.07) is 12.1. The minimum atomic E-state index is 0.114. The molecule has 100 valence electrons. The molecule has 1 amide bonds. The molecule has 1 aromatic heterocycles. The van der Waals surface area contributed by atoms with Gasteiger partial charge in [0.2, 0.25) is 5.91 Å². The van der Waals surface area contributed by atoms with Crippen molar-refractivity contribution in [3.05, 3.63) is 42.1 Å². The Morgan fingerprint density at radius 2 is 2.05 bits per heavy atom. The molecule has 0 aliphatic carbocycles. The molecule has 0 unspecified atom stereocenters. The number of para-hydroxylation sites is 1. The Bertz CT molecular complexity index is 551. The van der Waals surface area contributed by atoms with E-state index in [9.17, 15) is 4.79 Å². The number of hydrogen-bond donors (Lipinski definition) is 1. The second kappa shape index (κ2) is 6.88. The third-order valence-corrected chi connectivity index (χ3v) is 3.12. The van der Waals surface area contributed by atoms with Crippen LogP contribution in [0.15, 0.2) is 36.4 Å². The highest BCUT2D eigenvalue weighted by atomic mass is 16.1. The number of hydrogen-bond acceptors (Lipinski definition) is 2. The molecule has 0 aliphatic rings. The zero-order valence-electron chi connectivity index (χ0n) is 11.4. The number of aryl methyl sites for hydroxylation is 1. The van der Waals surface area contributed by atoms with E-state index in [0.29, 0.717) is 12.8 Å². The van der Waals surface area contributed by atoms with Gasteiger partial charge in [0, 0.05) is 24.0 Å². The molecule has 0 radical (unpaired) electrons. The normalized spacial score (nSPS) is 10.6. The lowest BCUT2D eigenvalue weighted by molar-refractivity contribution is -0.121. The quantitative estimate of drug-likeness (QED) is 0.807. The maximum atomic E-state index is 11.6. The number of rotatable bonds is 6. The Balaban J connectivity index is 1.89. The first-order valence-electron chi connectivity index (χ1n) is 6.91. The maximum Gasteiger partial charge on any atom is 0.220 e. The van der Waals surface area contributed by atoms with Crippen LogP contribution in [-0.2, 0) is 11.2 Å². The molecule has 2 aromatic rings. The van der Waals surface area contributed by atoms with Gasteiger partial charge in [-0.3, -0.25) is 9.78 Å². The highest BCUT2D eigenvalue weighted by molar-refractivity contribution is 5.79. The molecule has 0 aliphatic heterocycles. The molecule has 1 N–H and O–H groups in total. The number of benzene rings is 1. The molecule has 3 nitrogen and oxygen atoms in total. The third kappa shape index (κ3) is 4.05. The zero-order valence-corrected chi connectivity index (χ0v) is 11.4. The van der Waals surface area contributed by atoms with Gasteiger partial charge in [-0.1, -0.05) is 37.6 Å². The number of amides is 1. The largest absolute Gasteiger partial charge is 0.356 e. The van der Waals surface area contributed by atoms with E-state index in [-0.39, 0.29) is 5.91 Å². The number of nitrogens with one attached hydrogen (secondary N) is 1. The average Bonchev–Trinajstić information content (AvgIpc) is 2.45. The monoisotopic (exact) mass is 256 g/mol. The average molecular weight is 256 g/mol. The first kappa shape index (κ1) is 13.5. The molecule has 1 heterocycles. The van der Waals surface area contributed by atoms with Crippen LogP contribution in [0.2, 0.25) is 0 Å². The van der Waals surface area contributed by atoms with E-state index < -0.39 is 0 Å². The highest BCUT2D eigenvalue weighted by Gasteiger charge is 2.03. The Morgan fingerprint density at radius 1 is 1.21 bits per heavy atom. The van der Waals surface area contributed by atoms with E-state index >= 15 is 0 Å². The van der Waals surface area contributed by atoms with Crippen molar-refractivity contribution in [2.24, 2.45) is 0 Å². The van der Waals surface area contributed by atoms with Crippen molar-refractivity contribution in [2.75, 3.05) is 6.54 Å². The van der Waals surface area contributed by atoms with Gasteiger partial charge in [0.25, 0.3) is 0 Å². The van der Waals surface area contributed by atoms with Crippen LogP contribution in [0.1, 0.15) is 31.9 Å². The summed E-state index contributed by atoms with van der Waals surface area (Å²) < 4.78 is 0. The van der Waals surface area contributed by atoms with E-state index in [4.69, 9.17) is 0 Å². The van der Waals surface area contributed by atoms with Crippen LogP contribution in [0.25, 0.3) is 10.9 Å². The number of unbranched alkanes of at least 4 members (excludes halogenated alkanes) is 1. The first-order valence-corrected chi connectivity index (χ1v) is 6.91. The molecule has 0 atom stereocenters. The van der Waals surface area contributed by atoms with Gasteiger partial charge in [-0.2, -0.15) is 0 Å². The van der Waals surface area contributed by atoms with Gasteiger partial charge in [-0.05, 0) is 25.0 Å². The van der Waals surface area contributed by atoms with Crippen molar-refractivity contribution in [3.63, 3.8) is 0 Å². The van der Waals surface area contributed by atoms with E-state index in [2.05, 4.69) is 23.3 Å². The fraction of sp³-hybridized carbons (Fsp3) is 0.375. The molecule has 1 aromatic carbocycles. The molecule has 2 rings (SSSR count). The highest BCUT2D eigenvalue weighted by Crippen LogP contribution is 2.12. The molecular weight excluding hydrogens is 236 g/mol. The van der Waals surface area contributed by atoms with Gasteiger partial charge in [-0.15, -0.1) is 0 Å². The Hall–Kier alpha value is -1.90. The fourth-order valence-electron chi connectivity index (χ4n) is 1.98. The van der Waals surface area contributed by atoms with Gasteiger partial charge in [0.05, 0.1) is 5.52 Å². The summed E-state index contributed by atoms with van der Waals surface area (Å²) in [5.41, 5.74) is 1.97. The number of carbonyl (C=O) groups is 1. The zero-order chi connectivity index (χ0) is 13.5. The second-order valence-electron chi connectivity index (χ2n) is 4.70. The lowest BCUT2D eigenvalue weighted by atomic mass is 10.1. The topological polar surface area (TPSA) is 42.0 Å². The summed E-state index contributed by atoms with van der Waals surface area (Å²) in [5.74, 6) is 0.114. The summed E-state index contributed by atoms with van der Waals surface area (Å²) in [7, 11) is 0. The SMILES string of the molecule is CCCCNC(=O)CCc1ccc2ccccc2n1. The molecule has 3 heteroatoms. The van der Waals surface area contributed by atoms with Crippen molar-refractivity contribution in [2.45, 2.75) is 32.6 Å². The number of aromatic nitrogens is 1. The molecule has 0 saturated carbocycles. The van der Waals surface area contributed by atoms with Gasteiger partial charge in [-0.25, -0.2) is 0 Å². The van der Waals surface area contributed by atoms with Crippen LogP contribution in [0.4, 0.5) is 0 Å². The van der Waals surface area contributed by atoms with Crippen LogP contribution >= 0.6 is 0 Å². The number of fused-ring (bicyclic) bond motifs is 1. The van der Waals surface area contributed by atoms with E-state index in [0.717, 1.165) is 36.0 Å². The molecule has 0 fully saturated rings. The van der Waals surface area contributed by atoms with Gasteiger partial charge in [0.1, 0.15) is 0 Å². The predicted molar refractivity (Wildman–Crippen MR) is 78.0 cm³/mol. The number of pyridine rings is 1. The number of nitrogens with zero attached hydrogens (tertiary/aromatic N) is 1. The molecule has 0 saturated heterocycles. The summed E-state index contributed by atoms with van der Waals surface area (Å²) in [4.78, 5) is 16.2. The van der Waals surface area contributed by atoms with Gasteiger partial charge in [0.15, 0.2) is 0 Å². The van der Waals surface area contributed by atoms with Crippen molar-refractivity contribution in [1.82, 2.24) is 10.3 Å². The van der Waals surface area contributed by atoms with Crippen molar-refractivity contribution in [3.8, 4) is 0 Å². The summed E-state index contributed by atoms with van der Waals surface area (Å²) >= 11 is 0. The van der Waals surface area contributed by atoms with Gasteiger partial charge >= 0.3 is 0 Å². The van der Waals surface area contributed by atoms with E-state index in [1.54, 1.807) is 0 Å². The van der Waals surface area contributed by atoms with E-state index in [1.165, 1.54) is 0 Å².